The molecule has 4 aromatic rings. The van der Waals surface area contributed by atoms with E-state index in [9.17, 15) is 9.90 Å². The predicted octanol–water partition coefficient (Wildman–Crippen LogP) is 6.29. The maximum absolute atomic E-state index is 12.5. The van der Waals surface area contributed by atoms with E-state index in [0.717, 1.165) is 22.9 Å². The zero-order chi connectivity index (χ0) is 22.0. The number of benzene rings is 3. The van der Waals surface area contributed by atoms with Gasteiger partial charge in [-0.1, -0.05) is 36.7 Å². The summed E-state index contributed by atoms with van der Waals surface area (Å²) in [5, 5.41) is 18.2. The number of fused-ring (bicyclic) bond motifs is 1. The van der Waals surface area contributed by atoms with Crippen LogP contribution >= 0.6 is 11.6 Å². The van der Waals surface area contributed by atoms with E-state index in [1.807, 2.05) is 48.7 Å². The summed E-state index contributed by atoms with van der Waals surface area (Å²) in [7, 11) is 1.80. The normalized spacial score (nSPS) is 12.0. The molecule has 0 bridgehead atoms. The van der Waals surface area contributed by atoms with Gasteiger partial charge in [0.2, 0.25) is 0 Å². The number of hydrogen-bond acceptors (Lipinski definition) is 3. The number of nitrogens with zero attached hydrogens (tertiary/aromatic N) is 1. The average Bonchev–Trinajstić information content (AvgIpc) is 3.18. The molecule has 0 spiro atoms. The summed E-state index contributed by atoms with van der Waals surface area (Å²) in [4.78, 5) is 12.5. The van der Waals surface area contributed by atoms with Gasteiger partial charge in [0.25, 0.3) is 5.91 Å². The van der Waals surface area contributed by atoms with E-state index in [4.69, 9.17) is 11.6 Å². The fraction of sp³-hybridized carbons (Fsp3) is 0.160. The maximum atomic E-state index is 12.5. The third-order valence-electron chi connectivity index (χ3n) is 5.48. The SMILES string of the molecule is CCC(c1cccc(NC)c1O)n1ccc2cc(NC(=O)c3cccc(Cl)c3)ccc21. The van der Waals surface area contributed by atoms with Gasteiger partial charge in [0.15, 0.2) is 0 Å². The molecular formula is C25H24ClN3O2. The van der Waals surface area contributed by atoms with Crippen LogP contribution in [-0.2, 0) is 0 Å². The Morgan fingerprint density at radius 3 is 2.65 bits per heavy atom. The number of para-hydroxylation sites is 1. The first kappa shape index (κ1) is 20.8. The molecule has 3 N–H and O–H groups in total. The lowest BCUT2D eigenvalue weighted by Gasteiger charge is -2.21. The fourth-order valence-corrected chi connectivity index (χ4v) is 4.14. The van der Waals surface area contributed by atoms with Crippen molar-refractivity contribution in [1.82, 2.24) is 4.57 Å². The lowest BCUT2D eigenvalue weighted by molar-refractivity contribution is 0.102. The number of hydrogen-bond donors (Lipinski definition) is 3. The first-order chi connectivity index (χ1) is 15.0. The fourth-order valence-electron chi connectivity index (χ4n) is 3.95. The van der Waals surface area contributed by atoms with Crippen molar-refractivity contribution in [3.63, 3.8) is 0 Å². The summed E-state index contributed by atoms with van der Waals surface area (Å²) in [6.07, 6.45) is 2.84. The van der Waals surface area contributed by atoms with Gasteiger partial charge in [0.1, 0.15) is 5.75 Å². The molecule has 1 atom stereocenters. The molecule has 158 valence electrons. The monoisotopic (exact) mass is 433 g/mol. The van der Waals surface area contributed by atoms with Gasteiger partial charge >= 0.3 is 0 Å². The quantitative estimate of drug-likeness (QED) is 0.313. The number of aromatic hydroxyl groups is 1. The van der Waals surface area contributed by atoms with E-state index < -0.39 is 0 Å². The highest BCUT2D eigenvalue weighted by atomic mass is 35.5. The third kappa shape index (κ3) is 4.09. The average molecular weight is 434 g/mol. The molecule has 6 heteroatoms. The standard InChI is InChI=1S/C25H24ClN3O2/c1-3-22(20-8-5-9-21(27-2)24(20)30)29-13-12-16-15-19(10-11-23(16)29)28-25(31)17-6-4-7-18(26)14-17/h4-15,22,27,30H,3H2,1-2H3,(H,28,31). The van der Waals surface area contributed by atoms with Crippen LogP contribution in [0.5, 0.6) is 5.75 Å². The van der Waals surface area contributed by atoms with Crippen molar-refractivity contribution in [2.24, 2.45) is 0 Å². The summed E-state index contributed by atoms with van der Waals surface area (Å²) < 4.78 is 2.16. The van der Waals surface area contributed by atoms with Crippen LogP contribution in [0.1, 0.15) is 35.3 Å². The van der Waals surface area contributed by atoms with Crippen molar-refractivity contribution in [3.05, 3.63) is 89.1 Å². The Bertz CT molecular complexity index is 1250. The highest BCUT2D eigenvalue weighted by Crippen LogP contribution is 2.37. The molecule has 3 aromatic carbocycles. The van der Waals surface area contributed by atoms with E-state index in [0.29, 0.717) is 22.0 Å². The first-order valence-corrected chi connectivity index (χ1v) is 10.6. The zero-order valence-electron chi connectivity index (χ0n) is 17.4. The van der Waals surface area contributed by atoms with Gasteiger partial charge in [-0.05, 0) is 55.0 Å². The van der Waals surface area contributed by atoms with Crippen molar-refractivity contribution in [2.45, 2.75) is 19.4 Å². The van der Waals surface area contributed by atoms with Crippen molar-refractivity contribution < 1.29 is 9.90 Å². The number of nitrogens with one attached hydrogen (secondary N) is 2. The molecule has 1 amide bonds. The highest BCUT2D eigenvalue weighted by molar-refractivity contribution is 6.31. The predicted molar refractivity (Wildman–Crippen MR) is 127 cm³/mol. The molecule has 1 aromatic heterocycles. The van der Waals surface area contributed by atoms with E-state index >= 15 is 0 Å². The largest absolute Gasteiger partial charge is 0.505 e. The molecule has 31 heavy (non-hydrogen) atoms. The second kappa shape index (κ2) is 8.74. The molecule has 5 nitrogen and oxygen atoms in total. The Kier molecular flexibility index (Phi) is 5.87. The Hall–Kier alpha value is -3.44. The maximum Gasteiger partial charge on any atom is 0.255 e. The minimum atomic E-state index is -0.207. The van der Waals surface area contributed by atoms with Crippen LogP contribution in [0, 0.1) is 0 Å². The Labute approximate surface area is 186 Å². The van der Waals surface area contributed by atoms with Crippen molar-refractivity contribution in [3.8, 4) is 5.75 Å². The molecule has 1 unspecified atom stereocenters. The lowest BCUT2D eigenvalue weighted by atomic mass is 10.0. The molecule has 0 radical (unpaired) electrons. The van der Waals surface area contributed by atoms with Crippen LogP contribution in [0.25, 0.3) is 10.9 Å². The molecule has 0 saturated carbocycles. The summed E-state index contributed by atoms with van der Waals surface area (Å²) in [6.45, 7) is 2.10. The van der Waals surface area contributed by atoms with E-state index in [1.54, 1.807) is 31.3 Å². The minimum absolute atomic E-state index is 0.0160. The van der Waals surface area contributed by atoms with Crippen molar-refractivity contribution in [1.29, 1.82) is 0 Å². The number of carbonyl (C=O) groups excluding carboxylic acids is 1. The van der Waals surface area contributed by atoms with Gasteiger partial charge in [-0.15, -0.1) is 0 Å². The number of phenolic OH excluding ortho intramolecular Hbond substituents is 1. The van der Waals surface area contributed by atoms with Crippen LogP contribution in [0.3, 0.4) is 0 Å². The first-order valence-electron chi connectivity index (χ1n) is 10.2. The highest BCUT2D eigenvalue weighted by Gasteiger charge is 2.19. The van der Waals surface area contributed by atoms with Crippen LogP contribution < -0.4 is 10.6 Å². The smallest absolute Gasteiger partial charge is 0.255 e. The van der Waals surface area contributed by atoms with Crippen LogP contribution in [0.15, 0.2) is 72.9 Å². The van der Waals surface area contributed by atoms with Crippen LogP contribution in [0.2, 0.25) is 5.02 Å². The van der Waals surface area contributed by atoms with E-state index in [1.165, 1.54) is 0 Å². The Morgan fingerprint density at radius 1 is 1.10 bits per heavy atom. The molecule has 0 aliphatic carbocycles. The second-order valence-corrected chi connectivity index (χ2v) is 7.81. The van der Waals surface area contributed by atoms with Crippen molar-refractivity contribution >= 4 is 39.8 Å². The zero-order valence-corrected chi connectivity index (χ0v) is 18.1. The van der Waals surface area contributed by atoms with Gasteiger partial charge in [0.05, 0.1) is 11.7 Å². The Morgan fingerprint density at radius 2 is 1.90 bits per heavy atom. The van der Waals surface area contributed by atoms with Crippen molar-refractivity contribution in [2.75, 3.05) is 17.7 Å². The summed E-state index contributed by atoms with van der Waals surface area (Å²) in [5.41, 5.74) is 3.82. The minimum Gasteiger partial charge on any atom is -0.505 e. The molecule has 0 saturated heterocycles. The van der Waals surface area contributed by atoms with E-state index in [-0.39, 0.29) is 17.7 Å². The number of rotatable bonds is 6. The molecule has 4 rings (SSSR count). The number of phenols is 1. The lowest BCUT2D eigenvalue weighted by Crippen LogP contribution is -2.12. The van der Waals surface area contributed by atoms with E-state index in [2.05, 4.69) is 22.1 Å². The number of aromatic nitrogens is 1. The van der Waals surface area contributed by atoms with Crippen LogP contribution in [0.4, 0.5) is 11.4 Å². The number of amides is 1. The van der Waals surface area contributed by atoms with Gasteiger partial charge in [0, 0.05) is 46.0 Å². The van der Waals surface area contributed by atoms with Gasteiger partial charge in [-0.25, -0.2) is 0 Å². The summed E-state index contributed by atoms with van der Waals surface area (Å²) in [6, 6.07) is 20.4. The number of halogens is 1. The molecule has 0 aliphatic heterocycles. The Balaban J connectivity index is 1.65. The molecule has 1 heterocycles. The number of anilines is 2. The van der Waals surface area contributed by atoms with Gasteiger partial charge < -0.3 is 20.3 Å². The van der Waals surface area contributed by atoms with Gasteiger partial charge in [-0.2, -0.15) is 0 Å². The topological polar surface area (TPSA) is 66.3 Å². The molecule has 0 fully saturated rings. The molecule has 0 aliphatic rings. The van der Waals surface area contributed by atoms with Gasteiger partial charge in [-0.3, -0.25) is 4.79 Å². The molecular weight excluding hydrogens is 410 g/mol. The summed E-state index contributed by atoms with van der Waals surface area (Å²) in [5.74, 6) is 0.0608. The second-order valence-electron chi connectivity index (χ2n) is 7.38. The van der Waals surface area contributed by atoms with Crippen LogP contribution in [-0.4, -0.2) is 22.6 Å². The third-order valence-corrected chi connectivity index (χ3v) is 5.72. The summed E-state index contributed by atoms with van der Waals surface area (Å²) >= 11 is 5.99. The number of carbonyl (C=O) groups is 1.